The van der Waals surface area contributed by atoms with Gasteiger partial charge in [-0.1, -0.05) is 44.0 Å². The Morgan fingerprint density at radius 1 is 1.18 bits per heavy atom. The van der Waals surface area contributed by atoms with Crippen molar-refractivity contribution in [3.63, 3.8) is 0 Å². The fourth-order valence-corrected chi connectivity index (χ4v) is 4.05. The van der Waals surface area contributed by atoms with Gasteiger partial charge in [0.05, 0.1) is 30.1 Å². The molecule has 4 aromatic rings. The van der Waals surface area contributed by atoms with E-state index >= 15 is 0 Å². The maximum Gasteiger partial charge on any atom is 0.304 e. The fraction of sp³-hybridized carbons (Fsp3) is 0.296. The fourth-order valence-electron chi connectivity index (χ4n) is 4.05. The molecule has 7 heteroatoms. The number of nitrogens with zero attached hydrogens (tertiary/aromatic N) is 3. The molecule has 2 heterocycles. The van der Waals surface area contributed by atoms with Crippen LogP contribution in [0.4, 0.5) is 0 Å². The van der Waals surface area contributed by atoms with Crippen LogP contribution in [0.2, 0.25) is 0 Å². The Morgan fingerprint density at radius 2 is 1.94 bits per heavy atom. The molecule has 0 aliphatic carbocycles. The van der Waals surface area contributed by atoms with Crippen LogP contribution in [0.25, 0.3) is 10.9 Å². The molecule has 0 saturated carbocycles. The van der Waals surface area contributed by atoms with Crippen molar-refractivity contribution in [3.05, 3.63) is 77.7 Å². The first kappa shape index (κ1) is 23.1. The molecular weight excluding hydrogens is 428 g/mol. The zero-order chi connectivity index (χ0) is 24.1. The third kappa shape index (κ3) is 5.29. The van der Waals surface area contributed by atoms with Crippen LogP contribution in [0.5, 0.6) is 5.75 Å². The third-order valence-electron chi connectivity index (χ3n) is 5.71. The van der Waals surface area contributed by atoms with Gasteiger partial charge >= 0.3 is 5.97 Å². The van der Waals surface area contributed by atoms with Crippen LogP contribution < -0.4 is 4.74 Å². The van der Waals surface area contributed by atoms with E-state index in [-0.39, 0.29) is 24.4 Å². The third-order valence-corrected chi connectivity index (χ3v) is 5.71. The Labute approximate surface area is 198 Å². The van der Waals surface area contributed by atoms with Crippen molar-refractivity contribution in [2.24, 2.45) is 5.92 Å². The molecule has 0 fully saturated rings. The minimum absolute atomic E-state index is 0.0261. The maximum atomic E-state index is 11.2. The van der Waals surface area contributed by atoms with Crippen LogP contribution in [0.1, 0.15) is 56.0 Å². The Bertz CT molecular complexity index is 1310. The van der Waals surface area contributed by atoms with Crippen LogP contribution >= 0.6 is 0 Å². The van der Waals surface area contributed by atoms with Gasteiger partial charge in [0.1, 0.15) is 11.9 Å². The zero-order valence-corrected chi connectivity index (χ0v) is 19.5. The van der Waals surface area contributed by atoms with E-state index in [4.69, 9.17) is 9.84 Å². The number of aromatic amines is 1. The number of aromatic nitrogens is 4. The Balaban J connectivity index is 1.54. The zero-order valence-electron chi connectivity index (χ0n) is 19.5. The van der Waals surface area contributed by atoms with Crippen LogP contribution in [0.3, 0.4) is 0 Å². The molecule has 0 spiro atoms. The van der Waals surface area contributed by atoms with E-state index in [1.807, 2.05) is 41.2 Å². The molecule has 2 aromatic carbocycles. The number of hydrogen-bond acceptors (Lipinski definition) is 4. The van der Waals surface area contributed by atoms with E-state index in [1.165, 1.54) is 0 Å². The van der Waals surface area contributed by atoms with Crippen molar-refractivity contribution in [1.29, 1.82) is 0 Å². The van der Waals surface area contributed by atoms with E-state index in [1.54, 1.807) is 13.1 Å². The van der Waals surface area contributed by atoms with E-state index < -0.39 is 5.97 Å². The number of carboxylic acids is 1. The number of carboxylic acid groups (broad SMARTS) is 1. The maximum absolute atomic E-state index is 11.2. The molecule has 0 amide bonds. The van der Waals surface area contributed by atoms with Gasteiger partial charge in [0.25, 0.3) is 0 Å². The molecule has 34 heavy (non-hydrogen) atoms. The standard InChI is InChI=1S/C27H28N4O3/c1-4-6-20(16-26(32)33)19-7-10-22(11-8-19)34-27(18(2)3)21-9-12-23-24(15-21)29-30-25(23)17-31-14-5-13-28-31/h5,7-15,18,20,27H,16-17H2,1-3H3,(H,29,30)(H,32,33). The number of ether oxygens (including phenoxy) is 1. The average molecular weight is 457 g/mol. The van der Waals surface area contributed by atoms with Gasteiger partial charge in [-0.2, -0.15) is 10.2 Å². The largest absolute Gasteiger partial charge is 0.485 e. The lowest BCUT2D eigenvalue weighted by molar-refractivity contribution is -0.137. The summed E-state index contributed by atoms with van der Waals surface area (Å²) in [5, 5.41) is 22.1. The molecule has 7 nitrogen and oxygen atoms in total. The Kier molecular flexibility index (Phi) is 6.98. The number of aliphatic carboxylic acids is 1. The van der Waals surface area contributed by atoms with E-state index in [0.717, 1.165) is 33.5 Å². The highest BCUT2D eigenvalue weighted by atomic mass is 16.5. The highest BCUT2D eigenvalue weighted by Gasteiger charge is 2.20. The quantitative estimate of drug-likeness (QED) is 0.339. The van der Waals surface area contributed by atoms with Gasteiger partial charge in [-0.3, -0.25) is 14.6 Å². The number of fused-ring (bicyclic) bond motifs is 1. The second-order valence-corrected chi connectivity index (χ2v) is 8.58. The lowest BCUT2D eigenvalue weighted by Gasteiger charge is -2.23. The van der Waals surface area contributed by atoms with Crippen LogP contribution in [-0.4, -0.2) is 31.1 Å². The first-order chi connectivity index (χ1) is 16.4. The SMILES string of the molecule is CC#CC(CC(=O)O)c1ccc(OC(c2ccc3c(Cn4cccn4)[nH]nc3c2)C(C)C)cc1. The van der Waals surface area contributed by atoms with Gasteiger partial charge in [-0.05, 0) is 48.2 Å². The number of rotatable bonds is 9. The van der Waals surface area contributed by atoms with Crippen LogP contribution in [0, 0.1) is 17.8 Å². The molecule has 2 unspecified atom stereocenters. The number of hydrogen-bond donors (Lipinski definition) is 2. The van der Waals surface area contributed by atoms with Gasteiger partial charge in [0.15, 0.2) is 0 Å². The molecule has 2 N–H and O–H groups in total. The van der Waals surface area contributed by atoms with Crippen LogP contribution in [0.15, 0.2) is 60.9 Å². The summed E-state index contributed by atoms with van der Waals surface area (Å²) in [4.78, 5) is 11.2. The van der Waals surface area contributed by atoms with E-state index in [0.29, 0.717) is 6.54 Å². The second-order valence-electron chi connectivity index (χ2n) is 8.58. The lowest BCUT2D eigenvalue weighted by atomic mass is 9.96. The van der Waals surface area contributed by atoms with Gasteiger partial charge in [0.2, 0.25) is 0 Å². The highest BCUT2D eigenvalue weighted by Crippen LogP contribution is 2.32. The summed E-state index contributed by atoms with van der Waals surface area (Å²) in [7, 11) is 0. The van der Waals surface area contributed by atoms with Crippen molar-refractivity contribution in [2.45, 2.75) is 45.8 Å². The van der Waals surface area contributed by atoms with Crippen molar-refractivity contribution >= 4 is 16.9 Å². The molecule has 0 aliphatic rings. The molecule has 0 bridgehead atoms. The highest BCUT2D eigenvalue weighted by molar-refractivity contribution is 5.82. The minimum Gasteiger partial charge on any atom is -0.485 e. The van der Waals surface area contributed by atoms with Crippen molar-refractivity contribution in [1.82, 2.24) is 20.0 Å². The van der Waals surface area contributed by atoms with E-state index in [2.05, 4.69) is 59.2 Å². The molecule has 4 rings (SSSR count). The number of nitrogens with one attached hydrogen (secondary N) is 1. The van der Waals surface area contributed by atoms with Crippen molar-refractivity contribution in [3.8, 4) is 17.6 Å². The molecule has 2 aromatic heterocycles. The molecule has 0 saturated heterocycles. The number of H-pyrrole nitrogens is 1. The monoisotopic (exact) mass is 456 g/mol. The smallest absolute Gasteiger partial charge is 0.304 e. The van der Waals surface area contributed by atoms with Crippen LogP contribution in [-0.2, 0) is 11.3 Å². The number of carbonyl (C=O) groups is 1. The predicted molar refractivity (Wildman–Crippen MR) is 131 cm³/mol. The summed E-state index contributed by atoms with van der Waals surface area (Å²) in [5.41, 5.74) is 3.81. The Hall–Kier alpha value is -4.05. The number of benzene rings is 2. The molecule has 174 valence electrons. The van der Waals surface area contributed by atoms with E-state index in [9.17, 15) is 4.79 Å². The first-order valence-corrected chi connectivity index (χ1v) is 11.3. The second kappa shape index (κ2) is 10.3. The van der Waals surface area contributed by atoms with Gasteiger partial charge in [-0.15, -0.1) is 5.92 Å². The molecular formula is C27H28N4O3. The average Bonchev–Trinajstić information content (AvgIpc) is 3.47. The normalized spacial score (nSPS) is 12.8. The molecule has 0 radical (unpaired) electrons. The summed E-state index contributed by atoms with van der Waals surface area (Å²) in [5.74, 6) is 5.55. The minimum atomic E-state index is -0.866. The summed E-state index contributed by atoms with van der Waals surface area (Å²) in [6.45, 7) is 6.59. The Morgan fingerprint density at radius 3 is 2.59 bits per heavy atom. The summed E-state index contributed by atoms with van der Waals surface area (Å²) >= 11 is 0. The van der Waals surface area contributed by atoms with Crippen molar-refractivity contribution < 1.29 is 14.6 Å². The molecule has 0 aliphatic heterocycles. The van der Waals surface area contributed by atoms with Gasteiger partial charge in [-0.25, -0.2) is 0 Å². The van der Waals surface area contributed by atoms with Gasteiger partial charge < -0.3 is 9.84 Å². The summed E-state index contributed by atoms with van der Waals surface area (Å²) in [6, 6.07) is 15.7. The lowest BCUT2D eigenvalue weighted by Crippen LogP contribution is -2.14. The molecule has 2 atom stereocenters. The topological polar surface area (TPSA) is 93.0 Å². The predicted octanol–water partition coefficient (Wildman–Crippen LogP) is 5.17. The summed E-state index contributed by atoms with van der Waals surface area (Å²) in [6.07, 6.45) is 3.50. The summed E-state index contributed by atoms with van der Waals surface area (Å²) < 4.78 is 8.23. The van der Waals surface area contributed by atoms with Crippen molar-refractivity contribution in [2.75, 3.05) is 0 Å². The van der Waals surface area contributed by atoms with Gasteiger partial charge in [0, 0.05) is 17.8 Å². The first-order valence-electron chi connectivity index (χ1n) is 11.3.